The van der Waals surface area contributed by atoms with Crippen molar-refractivity contribution in [2.45, 2.75) is 43.4 Å². The summed E-state index contributed by atoms with van der Waals surface area (Å²) in [5, 5.41) is 13.2. The van der Waals surface area contributed by atoms with Crippen molar-refractivity contribution in [1.82, 2.24) is 9.88 Å². The molecule has 2 fully saturated rings. The van der Waals surface area contributed by atoms with Crippen LogP contribution >= 0.6 is 11.3 Å². The second-order valence-electron chi connectivity index (χ2n) is 6.57. The normalized spacial score (nSPS) is 28.8. The van der Waals surface area contributed by atoms with E-state index in [9.17, 15) is 9.90 Å². The number of carbonyl (C=O) groups excluding carboxylic acids is 1. The number of nitrogens with zero attached hydrogens (tertiary/aromatic N) is 2. The molecule has 2 atom stereocenters. The Morgan fingerprint density at radius 3 is 2.71 bits per heavy atom. The fourth-order valence-electron chi connectivity index (χ4n) is 4.21. The largest absolute Gasteiger partial charge is 0.481 e. The van der Waals surface area contributed by atoms with Crippen molar-refractivity contribution in [3.63, 3.8) is 0 Å². The summed E-state index contributed by atoms with van der Waals surface area (Å²) in [5.74, 6) is 0.565. The predicted molar refractivity (Wildman–Crippen MR) is 91.2 cm³/mol. The Morgan fingerprint density at radius 2 is 2.08 bits per heavy atom. The number of hydrogen-bond acceptors (Lipinski definition) is 5. The Morgan fingerprint density at radius 1 is 1.33 bits per heavy atom. The highest BCUT2D eigenvalue weighted by Gasteiger charge is 2.51. The fourth-order valence-corrected chi connectivity index (χ4v) is 4.88. The Balaban J connectivity index is 1.63. The van der Waals surface area contributed by atoms with E-state index in [2.05, 4.69) is 4.98 Å². The molecule has 2 aliphatic rings. The molecule has 2 saturated heterocycles. The van der Waals surface area contributed by atoms with Gasteiger partial charge in [0, 0.05) is 36.7 Å². The molecular weight excluding hydrogens is 324 g/mol. The second kappa shape index (κ2) is 5.86. The number of rotatable bonds is 3. The van der Waals surface area contributed by atoms with E-state index in [0.717, 1.165) is 23.3 Å². The van der Waals surface area contributed by atoms with E-state index in [0.29, 0.717) is 18.7 Å². The first-order valence-electron chi connectivity index (χ1n) is 8.20. The molecule has 0 aliphatic carbocycles. The van der Waals surface area contributed by atoms with E-state index < -0.39 is 5.60 Å². The summed E-state index contributed by atoms with van der Waals surface area (Å²) in [7, 11) is 1.57. The molecule has 0 radical (unpaired) electrons. The van der Waals surface area contributed by atoms with Gasteiger partial charge in [0.1, 0.15) is 0 Å². The lowest BCUT2D eigenvalue weighted by molar-refractivity contribution is -0.0493. The van der Waals surface area contributed by atoms with Gasteiger partial charge >= 0.3 is 0 Å². The van der Waals surface area contributed by atoms with E-state index >= 15 is 0 Å². The maximum absolute atomic E-state index is 12.8. The van der Waals surface area contributed by atoms with Crippen molar-refractivity contribution in [3.8, 4) is 5.88 Å². The van der Waals surface area contributed by atoms with Gasteiger partial charge in [0.15, 0.2) is 0 Å². The molecule has 0 aromatic carbocycles. The zero-order valence-electron chi connectivity index (χ0n) is 13.5. The summed E-state index contributed by atoms with van der Waals surface area (Å²) in [4.78, 5) is 19.8. The summed E-state index contributed by atoms with van der Waals surface area (Å²) in [6.07, 6.45) is 4.60. The number of aliphatic hydroxyl groups is 1. The third-order valence-corrected chi connectivity index (χ3v) is 6.06. The lowest BCUT2D eigenvalue weighted by Gasteiger charge is -2.44. The number of aromatic nitrogens is 1. The van der Waals surface area contributed by atoms with Gasteiger partial charge in [-0.1, -0.05) is 6.07 Å². The van der Waals surface area contributed by atoms with Gasteiger partial charge in [-0.3, -0.25) is 4.79 Å². The van der Waals surface area contributed by atoms with Gasteiger partial charge in [0.05, 0.1) is 17.6 Å². The first-order chi connectivity index (χ1) is 11.6. The molecule has 2 aromatic heterocycles. The minimum Gasteiger partial charge on any atom is -0.481 e. The molecule has 2 aliphatic heterocycles. The highest BCUT2D eigenvalue weighted by Crippen LogP contribution is 2.47. The van der Waals surface area contributed by atoms with Gasteiger partial charge in [-0.15, -0.1) is 11.3 Å². The Bertz CT molecular complexity index is 732. The van der Waals surface area contributed by atoms with Crippen LogP contribution < -0.4 is 4.74 Å². The van der Waals surface area contributed by atoms with Crippen molar-refractivity contribution in [2.24, 2.45) is 0 Å². The summed E-state index contributed by atoms with van der Waals surface area (Å²) in [5.41, 5.74) is -0.259. The molecule has 4 rings (SSSR count). The van der Waals surface area contributed by atoms with Gasteiger partial charge < -0.3 is 14.7 Å². The van der Waals surface area contributed by atoms with Crippen molar-refractivity contribution in [2.75, 3.05) is 7.11 Å². The molecule has 0 spiro atoms. The minimum absolute atomic E-state index is 0.0632. The maximum atomic E-state index is 12.8. The summed E-state index contributed by atoms with van der Waals surface area (Å²) in [6.45, 7) is 0. The van der Waals surface area contributed by atoms with E-state index in [1.165, 1.54) is 11.3 Å². The van der Waals surface area contributed by atoms with Crippen molar-refractivity contribution >= 4 is 17.2 Å². The molecule has 0 unspecified atom stereocenters. The third kappa shape index (κ3) is 2.41. The smallest absolute Gasteiger partial charge is 0.264 e. The molecule has 6 heteroatoms. The average molecular weight is 344 g/mol. The van der Waals surface area contributed by atoms with E-state index in [4.69, 9.17) is 4.74 Å². The maximum Gasteiger partial charge on any atom is 0.264 e. The Hall–Kier alpha value is -1.92. The Kier molecular flexibility index (Phi) is 3.81. The number of carbonyl (C=O) groups is 1. The molecule has 126 valence electrons. The number of hydrogen-bond donors (Lipinski definition) is 1. The van der Waals surface area contributed by atoms with Crippen LogP contribution in [0.3, 0.4) is 0 Å². The van der Waals surface area contributed by atoms with Crippen molar-refractivity contribution in [1.29, 1.82) is 0 Å². The summed E-state index contributed by atoms with van der Waals surface area (Å²) < 4.78 is 5.34. The SMILES string of the molecule is COc1ncccc1C1(O)C[C@H]2CC[C@H](C1)N2C(=O)c1cccs1. The first kappa shape index (κ1) is 15.6. The number of pyridine rings is 1. The van der Waals surface area contributed by atoms with E-state index in [1.807, 2.05) is 34.5 Å². The van der Waals surface area contributed by atoms with Crippen LogP contribution in [0.1, 0.15) is 40.9 Å². The molecular formula is C18H20N2O3S. The molecule has 1 N–H and O–H groups in total. The topological polar surface area (TPSA) is 62.7 Å². The van der Waals surface area contributed by atoms with Gasteiger partial charge in [-0.05, 0) is 36.4 Å². The highest BCUT2D eigenvalue weighted by atomic mass is 32.1. The second-order valence-corrected chi connectivity index (χ2v) is 7.52. The van der Waals surface area contributed by atoms with Crippen LogP contribution in [0, 0.1) is 0 Å². The van der Waals surface area contributed by atoms with Gasteiger partial charge in [-0.2, -0.15) is 0 Å². The third-order valence-electron chi connectivity index (χ3n) is 5.20. The van der Waals surface area contributed by atoms with Crippen LogP contribution in [0.25, 0.3) is 0 Å². The van der Waals surface area contributed by atoms with Crippen LogP contribution in [0.5, 0.6) is 5.88 Å². The van der Waals surface area contributed by atoms with Crippen LogP contribution in [0.15, 0.2) is 35.8 Å². The number of piperidine rings is 1. The zero-order chi connectivity index (χ0) is 16.7. The summed E-state index contributed by atoms with van der Waals surface area (Å²) >= 11 is 1.48. The number of fused-ring (bicyclic) bond motifs is 2. The van der Waals surface area contributed by atoms with Gasteiger partial charge in [0.2, 0.25) is 5.88 Å². The summed E-state index contributed by atoms with van der Waals surface area (Å²) in [6, 6.07) is 7.60. The molecule has 4 heterocycles. The van der Waals surface area contributed by atoms with Gasteiger partial charge in [-0.25, -0.2) is 4.98 Å². The van der Waals surface area contributed by atoms with E-state index in [1.54, 1.807) is 13.3 Å². The predicted octanol–water partition coefficient (Wildman–Crippen LogP) is 2.81. The van der Waals surface area contributed by atoms with E-state index in [-0.39, 0.29) is 18.0 Å². The van der Waals surface area contributed by atoms with Crippen LogP contribution in [-0.4, -0.2) is 40.1 Å². The fraction of sp³-hybridized carbons (Fsp3) is 0.444. The molecule has 0 saturated carbocycles. The average Bonchev–Trinajstić information content (AvgIpc) is 3.22. The van der Waals surface area contributed by atoms with Crippen LogP contribution in [0.4, 0.5) is 0 Å². The van der Waals surface area contributed by atoms with Crippen molar-refractivity contribution < 1.29 is 14.6 Å². The molecule has 2 bridgehead atoms. The molecule has 1 amide bonds. The Labute approximate surface area is 144 Å². The molecule has 5 nitrogen and oxygen atoms in total. The zero-order valence-corrected chi connectivity index (χ0v) is 14.3. The quantitative estimate of drug-likeness (QED) is 0.930. The lowest BCUT2D eigenvalue weighted by Crippen LogP contribution is -2.52. The van der Waals surface area contributed by atoms with Gasteiger partial charge in [0.25, 0.3) is 5.91 Å². The molecule has 24 heavy (non-hydrogen) atoms. The first-order valence-corrected chi connectivity index (χ1v) is 9.08. The lowest BCUT2D eigenvalue weighted by atomic mass is 9.80. The number of methoxy groups -OCH3 is 1. The van der Waals surface area contributed by atoms with Crippen molar-refractivity contribution in [3.05, 3.63) is 46.3 Å². The highest BCUT2D eigenvalue weighted by molar-refractivity contribution is 7.12. The minimum atomic E-state index is -0.988. The van der Waals surface area contributed by atoms with Crippen LogP contribution in [-0.2, 0) is 5.60 Å². The number of thiophene rings is 1. The molecule has 2 aromatic rings. The standard InChI is InChI=1S/C18H20N2O3S/c1-23-16-14(4-2-8-19-16)18(22)10-12-6-7-13(11-18)20(12)17(21)15-5-3-9-24-15/h2-5,8-9,12-13,22H,6-7,10-11H2,1H3/t12-,13-/m1/s1. The van der Waals surface area contributed by atoms with Crippen LogP contribution in [0.2, 0.25) is 0 Å². The number of ether oxygens (including phenoxy) is 1. The monoisotopic (exact) mass is 344 g/mol. The number of amides is 1.